The molecule has 0 saturated carbocycles. The molecular weight excluding hydrogens is 560 g/mol. The van der Waals surface area contributed by atoms with E-state index in [1.54, 1.807) is 59.8 Å². The van der Waals surface area contributed by atoms with Crippen LogP contribution >= 0.6 is 0 Å². The average Bonchev–Trinajstić information content (AvgIpc) is 3.80. The van der Waals surface area contributed by atoms with Gasteiger partial charge in [0.1, 0.15) is 18.1 Å². The van der Waals surface area contributed by atoms with Crippen LogP contribution in [0.2, 0.25) is 0 Å². The van der Waals surface area contributed by atoms with Crippen LogP contribution in [0.15, 0.2) is 110 Å². The van der Waals surface area contributed by atoms with E-state index in [1.165, 1.54) is 18.6 Å². The van der Waals surface area contributed by atoms with Gasteiger partial charge in [0, 0.05) is 48.4 Å². The zero-order valence-corrected chi connectivity index (χ0v) is 23.2. The van der Waals surface area contributed by atoms with Crippen molar-refractivity contribution in [3.05, 3.63) is 132 Å². The summed E-state index contributed by atoms with van der Waals surface area (Å²) in [6.07, 6.45) is 10.8. The number of pyridine rings is 1. The van der Waals surface area contributed by atoms with Gasteiger partial charge in [-0.2, -0.15) is 0 Å². The molecular formula is C31H26N10O3. The molecule has 3 N–H and O–H groups in total. The lowest BCUT2D eigenvalue weighted by Crippen LogP contribution is -2.22. The molecule has 0 aliphatic heterocycles. The maximum Gasteiger partial charge on any atom is 0.293 e. The van der Waals surface area contributed by atoms with Gasteiger partial charge in [0.25, 0.3) is 5.69 Å². The summed E-state index contributed by atoms with van der Waals surface area (Å²) >= 11 is 0. The number of ketones is 1. The monoisotopic (exact) mass is 586 g/mol. The van der Waals surface area contributed by atoms with Crippen LogP contribution in [0.3, 0.4) is 0 Å². The molecule has 4 aromatic heterocycles. The van der Waals surface area contributed by atoms with Crippen LogP contribution < -0.4 is 10.6 Å². The Morgan fingerprint density at radius 1 is 0.932 bits per heavy atom. The molecule has 0 aliphatic rings. The summed E-state index contributed by atoms with van der Waals surface area (Å²) in [5.41, 5.74) is 3.88. The molecule has 0 saturated heterocycles. The molecule has 2 aromatic carbocycles. The number of nitro groups is 1. The summed E-state index contributed by atoms with van der Waals surface area (Å²) < 4.78 is 1.55. The third-order valence-corrected chi connectivity index (χ3v) is 6.90. The van der Waals surface area contributed by atoms with Crippen LogP contribution in [-0.4, -0.2) is 58.3 Å². The maximum atomic E-state index is 13.6. The lowest BCUT2D eigenvalue weighted by atomic mass is 9.96. The number of anilines is 2. The van der Waals surface area contributed by atoms with Gasteiger partial charge in [-0.05, 0) is 12.1 Å². The first-order valence-corrected chi connectivity index (χ1v) is 13.7. The fraction of sp³-hybridized carbons (Fsp3) is 0.0968. The number of imidazole rings is 2. The number of aromatic amines is 1. The smallest absolute Gasteiger partial charge is 0.293 e. The van der Waals surface area contributed by atoms with E-state index in [4.69, 9.17) is 0 Å². The third-order valence-electron chi connectivity index (χ3n) is 6.90. The van der Waals surface area contributed by atoms with E-state index in [0.29, 0.717) is 30.4 Å². The number of rotatable bonds is 12. The number of H-pyrrole nitrogens is 1. The highest BCUT2D eigenvalue weighted by molar-refractivity contribution is 6.01. The molecule has 1 atom stereocenters. The maximum absolute atomic E-state index is 13.6. The van der Waals surface area contributed by atoms with E-state index in [9.17, 15) is 14.9 Å². The minimum Gasteiger partial charge on any atom is -0.368 e. The Morgan fingerprint density at radius 2 is 1.73 bits per heavy atom. The highest BCUT2D eigenvalue weighted by Crippen LogP contribution is 2.32. The molecule has 0 bridgehead atoms. The lowest BCUT2D eigenvalue weighted by molar-refractivity contribution is -0.386. The fourth-order valence-electron chi connectivity index (χ4n) is 4.85. The van der Waals surface area contributed by atoms with Crippen molar-refractivity contribution in [2.45, 2.75) is 6.04 Å². The largest absolute Gasteiger partial charge is 0.368 e. The SMILES string of the molecule is O=C(c1ccccc1)C(c1cc(NCCNc2nccc(-c3ccccc3-c3cnc[nH]3)n2)ncc1[N+](=O)[O-])n1ccnc1. The summed E-state index contributed by atoms with van der Waals surface area (Å²) in [4.78, 5) is 49.6. The fourth-order valence-corrected chi connectivity index (χ4v) is 4.85. The Balaban J connectivity index is 1.18. The molecule has 0 radical (unpaired) electrons. The predicted octanol–water partition coefficient (Wildman–Crippen LogP) is 5.03. The first kappa shape index (κ1) is 27.9. The van der Waals surface area contributed by atoms with Gasteiger partial charge < -0.3 is 20.2 Å². The number of carbonyl (C=O) groups excluding carboxylic acids is 1. The topological polar surface area (TPSA) is 169 Å². The highest BCUT2D eigenvalue weighted by atomic mass is 16.6. The zero-order valence-electron chi connectivity index (χ0n) is 23.2. The van der Waals surface area contributed by atoms with Gasteiger partial charge in [-0.25, -0.2) is 24.9 Å². The van der Waals surface area contributed by atoms with E-state index < -0.39 is 11.0 Å². The first-order chi connectivity index (χ1) is 21.6. The van der Waals surface area contributed by atoms with E-state index in [-0.39, 0.29) is 17.0 Å². The molecule has 0 fully saturated rings. The van der Waals surface area contributed by atoms with Gasteiger partial charge in [-0.3, -0.25) is 14.9 Å². The predicted molar refractivity (Wildman–Crippen MR) is 164 cm³/mol. The number of Topliss-reactive ketones (excluding diaryl/α,β-unsaturated/α-hetero) is 1. The van der Waals surface area contributed by atoms with Crippen LogP contribution in [0.5, 0.6) is 0 Å². The van der Waals surface area contributed by atoms with Crippen molar-refractivity contribution in [2.24, 2.45) is 0 Å². The van der Waals surface area contributed by atoms with E-state index in [2.05, 4.69) is 40.5 Å². The molecule has 218 valence electrons. The van der Waals surface area contributed by atoms with Gasteiger partial charge >= 0.3 is 0 Å². The van der Waals surface area contributed by atoms with Gasteiger partial charge in [0.05, 0.1) is 40.7 Å². The number of aromatic nitrogens is 7. The Bertz CT molecular complexity index is 1880. The summed E-state index contributed by atoms with van der Waals surface area (Å²) in [6, 6.07) is 18.9. The molecule has 0 aliphatic carbocycles. The van der Waals surface area contributed by atoms with Crippen molar-refractivity contribution in [3.63, 3.8) is 0 Å². The molecule has 0 amide bonds. The third kappa shape index (κ3) is 6.01. The second-order valence-electron chi connectivity index (χ2n) is 9.66. The van der Waals surface area contributed by atoms with Crippen molar-refractivity contribution in [3.8, 4) is 22.5 Å². The normalized spacial score (nSPS) is 11.5. The summed E-state index contributed by atoms with van der Waals surface area (Å²) in [5.74, 6) is 0.507. The zero-order chi connectivity index (χ0) is 30.3. The number of hydrogen-bond donors (Lipinski definition) is 3. The van der Waals surface area contributed by atoms with Crippen LogP contribution in [0, 0.1) is 10.1 Å². The summed E-state index contributed by atoms with van der Waals surface area (Å²) in [5, 5.41) is 18.4. The molecule has 44 heavy (non-hydrogen) atoms. The second kappa shape index (κ2) is 12.7. The van der Waals surface area contributed by atoms with Crippen molar-refractivity contribution < 1.29 is 9.72 Å². The molecule has 6 rings (SSSR count). The lowest BCUT2D eigenvalue weighted by Gasteiger charge is -2.19. The number of hydrogen-bond acceptors (Lipinski definition) is 10. The van der Waals surface area contributed by atoms with Crippen molar-refractivity contribution in [1.82, 2.24) is 34.5 Å². The molecule has 4 heterocycles. The molecule has 13 nitrogen and oxygen atoms in total. The number of carbonyl (C=O) groups is 1. The number of nitrogens with zero attached hydrogens (tertiary/aromatic N) is 7. The number of benzene rings is 2. The second-order valence-corrected chi connectivity index (χ2v) is 9.66. The van der Waals surface area contributed by atoms with Crippen LogP contribution in [0.1, 0.15) is 22.0 Å². The Labute approximate surface area is 251 Å². The van der Waals surface area contributed by atoms with Crippen LogP contribution in [0.4, 0.5) is 17.5 Å². The molecule has 0 spiro atoms. The molecule has 6 aromatic rings. The Morgan fingerprint density at radius 3 is 2.48 bits per heavy atom. The van der Waals surface area contributed by atoms with Gasteiger partial charge in [-0.15, -0.1) is 0 Å². The van der Waals surface area contributed by atoms with Crippen LogP contribution in [-0.2, 0) is 0 Å². The standard InChI is InChI=1S/C31H26N10O3/c42-30(21-6-2-1-3-7-21)29(40-15-14-32-20-40)24-16-28(37-18-27(24)41(43)44)34-12-13-36-31-35-11-10-25(39-31)22-8-4-5-9-23(22)26-17-33-19-38-26/h1-11,14-20,29H,12-13H2,(H,33,38)(H,34,37)(H,35,36,39). The molecule has 13 heteroatoms. The van der Waals surface area contributed by atoms with Crippen molar-refractivity contribution in [1.29, 1.82) is 0 Å². The van der Waals surface area contributed by atoms with E-state index in [1.807, 2.05) is 30.3 Å². The van der Waals surface area contributed by atoms with Gasteiger partial charge in [0.2, 0.25) is 5.95 Å². The van der Waals surface area contributed by atoms with Gasteiger partial charge in [0.15, 0.2) is 5.78 Å². The highest BCUT2D eigenvalue weighted by Gasteiger charge is 2.31. The van der Waals surface area contributed by atoms with Crippen molar-refractivity contribution >= 4 is 23.2 Å². The Hall–Kier alpha value is -6.24. The molecule has 1 unspecified atom stereocenters. The minimum atomic E-state index is -1.01. The Kier molecular flexibility index (Phi) is 8.08. The summed E-state index contributed by atoms with van der Waals surface area (Å²) in [7, 11) is 0. The first-order valence-electron chi connectivity index (χ1n) is 13.7. The minimum absolute atomic E-state index is 0.194. The van der Waals surface area contributed by atoms with Crippen molar-refractivity contribution in [2.75, 3.05) is 23.7 Å². The number of nitrogens with one attached hydrogen (secondary N) is 3. The van der Waals surface area contributed by atoms with Gasteiger partial charge in [-0.1, -0.05) is 54.6 Å². The quantitative estimate of drug-likeness (QED) is 0.0765. The van der Waals surface area contributed by atoms with E-state index in [0.717, 1.165) is 28.7 Å². The summed E-state index contributed by atoms with van der Waals surface area (Å²) in [6.45, 7) is 0.818. The average molecular weight is 587 g/mol. The van der Waals surface area contributed by atoms with Crippen LogP contribution in [0.25, 0.3) is 22.5 Å². The van der Waals surface area contributed by atoms with E-state index >= 15 is 0 Å².